The Morgan fingerprint density at radius 1 is 1.26 bits per heavy atom. The van der Waals surface area contributed by atoms with Crippen LogP contribution in [0.4, 0.5) is 5.69 Å². The fourth-order valence-corrected chi connectivity index (χ4v) is 2.66. The largest absolute Gasteiger partial charge is 0.320 e. The van der Waals surface area contributed by atoms with Crippen LogP contribution in [0, 0.1) is 6.92 Å². The van der Waals surface area contributed by atoms with Gasteiger partial charge in [0.2, 0.25) is 0 Å². The topological polar surface area (TPSA) is 84.3 Å². The van der Waals surface area contributed by atoms with Crippen LogP contribution in [0.3, 0.4) is 0 Å². The van der Waals surface area contributed by atoms with Crippen molar-refractivity contribution < 1.29 is 14.4 Å². The van der Waals surface area contributed by atoms with Gasteiger partial charge in [-0.3, -0.25) is 24.0 Å². The summed E-state index contributed by atoms with van der Waals surface area (Å²) in [6.45, 7) is 4.25. The van der Waals surface area contributed by atoms with Crippen molar-refractivity contribution in [2.24, 2.45) is 0 Å². The first-order chi connectivity index (χ1) is 10.9. The molecule has 2 heterocycles. The first-order valence-electron chi connectivity index (χ1n) is 7.25. The molecule has 7 nitrogen and oxygen atoms in total. The van der Waals surface area contributed by atoms with Gasteiger partial charge in [0.15, 0.2) is 0 Å². The van der Waals surface area contributed by atoms with Crippen molar-refractivity contribution in [1.29, 1.82) is 0 Å². The van der Waals surface area contributed by atoms with Gasteiger partial charge in [-0.05, 0) is 32.0 Å². The maximum absolute atomic E-state index is 12.5. The van der Waals surface area contributed by atoms with E-state index in [1.54, 1.807) is 35.9 Å². The molecule has 7 heteroatoms. The summed E-state index contributed by atoms with van der Waals surface area (Å²) < 4.78 is 1.59. The predicted molar refractivity (Wildman–Crippen MR) is 83.5 cm³/mol. The van der Waals surface area contributed by atoms with Gasteiger partial charge in [0.25, 0.3) is 17.7 Å². The summed E-state index contributed by atoms with van der Waals surface area (Å²) in [4.78, 5) is 37.7. The van der Waals surface area contributed by atoms with Crippen molar-refractivity contribution in [1.82, 2.24) is 14.7 Å². The molecule has 0 saturated carbocycles. The Hall–Kier alpha value is -2.96. The Morgan fingerprint density at radius 2 is 2.00 bits per heavy atom. The second-order valence-electron chi connectivity index (χ2n) is 5.34. The number of aromatic nitrogens is 2. The van der Waals surface area contributed by atoms with Gasteiger partial charge in [0, 0.05) is 13.6 Å². The summed E-state index contributed by atoms with van der Waals surface area (Å²) in [7, 11) is 1.42. The lowest BCUT2D eigenvalue weighted by Gasteiger charge is -2.09. The summed E-state index contributed by atoms with van der Waals surface area (Å²) in [6.07, 6.45) is 0. The Bertz CT molecular complexity index is 838. The van der Waals surface area contributed by atoms with Crippen molar-refractivity contribution in [3.63, 3.8) is 0 Å². The molecule has 2 aromatic rings. The van der Waals surface area contributed by atoms with E-state index in [0.29, 0.717) is 23.5 Å². The van der Waals surface area contributed by atoms with Crippen LogP contribution in [0.2, 0.25) is 0 Å². The molecule has 1 aromatic heterocycles. The highest BCUT2D eigenvalue weighted by molar-refractivity contribution is 6.24. The van der Waals surface area contributed by atoms with E-state index in [0.717, 1.165) is 10.6 Å². The minimum absolute atomic E-state index is 0.229. The fourth-order valence-electron chi connectivity index (χ4n) is 2.66. The Kier molecular flexibility index (Phi) is 3.48. The number of fused-ring (bicyclic) bond motifs is 1. The number of hydrogen-bond donors (Lipinski definition) is 1. The molecule has 0 saturated heterocycles. The van der Waals surface area contributed by atoms with Gasteiger partial charge in [-0.2, -0.15) is 5.10 Å². The smallest absolute Gasteiger partial charge is 0.273 e. The molecule has 0 fully saturated rings. The second kappa shape index (κ2) is 5.35. The number of nitrogens with one attached hydrogen (secondary N) is 1. The SMILES string of the molecule is CCn1nc(C)cc1C(=O)Nc1cccc2c1C(=O)N(C)C2=O. The lowest BCUT2D eigenvalue weighted by Crippen LogP contribution is -2.25. The monoisotopic (exact) mass is 312 g/mol. The average Bonchev–Trinajstić information content (AvgIpc) is 3.02. The molecule has 0 unspecified atom stereocenters. The molecule has 3 rings (SSSR count). The van der Waals surface area contributed by atoms with Gasteiger partial charge in [0.05, 0.1) is 22.5 Å². The van der Waals surface area contributed by atoms with E-state index in [-0.39, 0.29) is 17.4 Å². The van der Waals surface area contributed by atoms with Crippen molar-refractivity contribution >= 4 is 23.4 Å². The zero-order valence-electron chi connectivity index (χ0n) is 13.1. The normalized spacial score (nSPS) is 13.4. The van der Waals surface area contributed by atoms with E-state index in [9.17, 15) is 14.4 Å². The molecule has 1 N–H and O–H groups in total. The van der Waals surface area contributed by atoms with Crippen molar-refractivity contribution in [2.75, 3.05) is 12.4 Å². The van der Waals surface area contributed by atoms with Crippen LogP contribution < -0.4 is 5.32 Å². The molecule has 0 aliphatic carbocycles. The van der Waals surface area contributed by atoms with Gasteiger partial charge < -0.3 is 5.32 Å². The van der Waals surface area contributed by atoms with Crippen LogP contribution in [0.5, 0.6) is 0 Å². The van der Waals surface area contributed by atoms with E-state index in [2.05, 4.69) is 10.4 Å². The first kappa shape index (κ1) is 15.0. The van der Waals surface area contributed by atoms with Crippen molar-refractivity contribution in [3.8, 4) is 0 Å². The molecule has 0 bridgehead atoms. The van der Waals surface area contributed by atoms with Gasteiger partial charge in [-0.25, -0.2) is 0 Å². The minimum Gasteiger partial charge on any atom is -0.320 e. The highest BCUT2D eigenvalue weighted by atomic mass is 16.2. The number of aryl methyl sites for hydroxylation is 2. The van der Waals surface area contributed by atoms with E-state index in [1.807, 2.05) is 6.92 Å². The van der Waals surface area contributed by atoms with Crippen LogP contribution in [0.25, 0.3) is 0 Å². The van der Waals surface area contributed by atoms with Gasteiger partial charge >= 0.3 is 0 Å². The Labute approximate surface area is 132 Å². The van der Waals surface area contributed by atoms with Gasteiger partial charge in [0.1, 0.15) is 5.69 Å². The number of benzene rings is 1. The predicted octanol–water partition coefficient (Wildman–Crippen LogP) is 1.69. The number of carbonyl (C=O) groups is 3. The molecule has 118 valence electrons. The van der Waals surface area contributed by atoms with E-state index >= 15 is 0 Å². The molecular formula is C16H16N4O3. The minimum atomic E-state index is -0.416. The molecular weight excluding hydrogens is 296 g/mol. The van der Waals surface area contributed by atoms with Crippen molar-refractivity contribution in [2.45, 2.75) is 20.4 Å². The fraction of sp³-hybridized carbons (Fsp3) is 0.250. The highest BCUT2D eigenvalue weighted by Gasteiger charge is 2.35. The second-order valence-corrected chi connectivity index (χ2v) is 5.34. The summed E-state index contributed by atoms with van der Waals surface area (Å²) in [5.74, 6) is -1.15. The number of nitrogens with zero attached hydrogens (tertiary/aromatic N) is 3. The standard InChI is InChI=1S/C16H16N4O3/c1-4-20-12(8-9(2)18-20)14(21)17-11-7-5-6-10-13(11)16(23)19(3)15(10)22/h5-8H,4H2,1-3H3,(H,17,21). The lowest BCUT2D eigenvalue weighted by molar-refractivity contribution is 0.0693. The molecule has 0 radical (unpaired) electrons. The van der Waals surface area contributed by atoms with Crippen LogP contribution in [-0.2, 0) is 6.54 Å². The van der Waals surface area contributed by atoms with Crippen molar-refractivity contribution in [3.05, 3.63) is 46.8 Å². The zero-order chi connectivity index (χ0) is 16.7. The van der Waals surface area contributed by atoms with Gasteiger partial charge in [-0.1, -0.05) is 6.07 Å². The third kappa shape index (κ3) is 2.30. The van der Waals surface area contributed by atoms with E-state index in [1.165, 1.54) is 7.05 Å². The summed E-state index contributed by atoms with van der Waals surface area (Å²) >= 11 is 0. The first-order valence-corrected chi connectivity index (χ1v) is 7.25. The summed E-state index contributed by atoms with van der Waals surface area (Å²) in [6, 6.07) is 6.51. The van der Waals surface area contributed by atoms with Crippen LogP contribution in [0.15, 0.2) is 24.3 Å². The molecule has 1 aliphatic rings. The summed E-state index contributed by atoms with van der Waals surface area (Å²) in [5, 5.41) is 6.95. The number of hydrogen-bond acceptors (Lipinski definition) is 4. The molecule has 1 aromatic carbocycles. The quantitative estimate of drug-likeness (QED) is 0.874. The third-order valence-electron chi connectivity index (χ3n) is 3.80. The number of anilines is 1. The maximum Gasteiger partial charge on any atom is 0.273 e. The molecule has 1 aliphatic heterocycles. The molecule has 0 atom stereocenters. The Balaban J connectivity index is 1.98. The number of carbonyl (C=O) groups excluding carboxylic acids is 3. The lowest BCUT2D eigenvalue weighted by atomic mass is 10.1. The average molecular weight is 312 g/mol. The molecule has 23 heavy (non-hydrogen) atoms. The van der Waals surface area contributed by atoms with E-state index < -0.39 is 5.91 Å². The summed E-state index contributed by atoms with van der Waals surface area (Å²) in [5.41, 5.74) is 2.01. The molecule has 0 spiro atoms. The highest BCUT2D eigenvalue weighted by Crippen LogP contribution is 2.28. The number of rotatable bonds is 3. The third-order valence-corrected chi connectivity index (χ3v) is 3.80. The van der Waals surface area contributed by atoms with Crippen LogP contribution in [-0.4, -0.2) is 39.4 Å². The van der Waals surface area contributed by atoms with E-state index in [4.69, 9.17) is 0 Å². The van der Waals surface area contributed by atoms with Gasteiger partial charge in [-0.15, -0.1) is 0 Å². The Morgan fingerprint density at radius 3 is 2.70 bits per heavy atom. The maximum atomic E-state index is 12.5. The molecule has 3 amide bonds. The zero-order valence-corrected chi connectivity index (χ0v) is 13.1. The van der Waals surface area contributed by atoms with Crippen LogP contribution in [0.1, 0.15) is 43.8 Å². The number of imide groups is 1. The number of amides is 3. The van der Waals surface area contributed by atoms with Crippen LogP contribution >= 0.6 is 0 Å².